The third-order valence-corrected chi connectivity index (χ3v) is 2.43. The molecule has 0 rings (SSSR count). The molecule has 0 atom stereocenters. The Balaban J connectivity index is 3.91. The van der Waals surface area contributed by atoms with Crippen molar-refractivity contribution < 1.29 is 4.79 Å². The molecular weight excluding hydrogens is 198 g/mol. The zero-order chi connectivity index (χ0) is 12.4. The molecule has 0 aliphatic carbocycles. The van der Waals surface area contributed by atoms with Crippen molar-refractivity contribution in [1.82, 2.24) is 0 Å². The minimum atomic E-state index is 0.00713. The molecule has 0 aliphatic rings. The van der Waals surface area contributed by atoms with Crippen molar-refractivity contribution in [2.75, 3.05) is 0 Å². The summed E-state index contributed by atoms with van der Waals surface area (Å²) in [6.07, 6.45) is 7.94. The molecule has 2 heteroatoms. The summed E-state index contributed by atoms with van der Waals surface area (Å²) < 4.78 is 0. The fourth-order valence-electron chi connectivity index (χ4n) is 1.55. The van der Waals surface area contributed by atoms with Crippen molar-refractivity contribution in [1.29, 1.82) is 5.26 Å². The standard InChI is InChI=1S/C14H23NO/c1-4-5-6-7-8-9-14(16)13(11-15)10-12(2)3/h10,12H,4-9H2,1-3H3. The van der Waals surface area contributed by atoms with E-state index in [-0.39, 0.29) is 11.7 Å². The normalized spacial score (nSPS) is 11.6. The Morgan fingerprint density at radius 1 is 1.25 bits per heavy atom. The van der Waals surface area contributed by atoms with E-state index >= 15 is 0 Å². The molecule has 16 heavy (non-hydrogen) atoms. The van der Waals surface area contributed by atoms with Crippen LogP contribution in [0.25, 0.3) is 0 Å². The SMILES string of the molecule is CCCCCCCC(=O)C(C#N)=CC(C)C. The molecule has 0 N–H and O–H groups in total. The van der Waals surface area contributed by atoms with Crippen LogP contribution in [-0.2, 0) is 4.79 Å². The van der Waals surface area contributed by atoms with E-state index in [2.05, 4.69) is 6.92 Å². The summed E-state index contributed by atoms with van der Waals surface area (Å²) in [5, 5.41) is 8.85. The van der Waals surface area contributed by atoms with E-state index in [0.717, 1.165) is 12.8 Å². The highest BCUT2D eigenvalue weighted by atomic mass is 16.1. The van der Waals surface area contributed by atoms with Crippen LogP contribution in [0.1, 0.15) is 59.3 Å². The van der Waals surface area contributed by atoms with Crippen molar-refractivity contribution in [2.24, 2.45) is 5.92 Å². The van der Waals surface area contributed by atoms with Crippen LogP contribution in [0, 0.1) is 17.2 Å². The third kappa shape index (κ3) is 7.23. The van der Waals surface area contributed by atoms with Gasteiger partial charge in [-0.1, -0.05) is 52.5 Å². The van der Waals surface area contributed by atoms with Gasteiger partial charge in [0.2, 0.25) is 0 Å². The molecule has 0 saturated carbocycles. The van der Waals surface area contributed by atoms with Gasteiger partial charge in [-0.2, -0.15) is 5.26 Å². The van der Waals surface area contributed by atoms with E-state index in [4.69, 9.17) is 5.26 Å². The van der Waals surface area contributed by atoms with Crippen LogP contribution in [0.5, 0.6) is 0 Å². The summed E-state index contributed by atoms with van der Waals surface area (Å²) >= 11 is 0. The minimum Gasteiger partial charge on any atom is -0.293 e. The van der Waals surface area contributed by atoms with E-state index in [0.29, 0.717) is 12.0 Å². The summed E-state index contributed by atoms with van der Waals surface area (Å²) in [6, 6.07) is 2.00. The average Bonchev–Trinajstić information content (AvgIpc) is 2.25. The van der Waals surface area contributed by atoms with Crippen molar-refractivity contribution in [3.05, 3.63) is 11.6 Å². The predicted octanol–water partition coefficient (Wildman–Crippen LogP) is 4.02. The molecular formula is C14H23NO. The van der Waals surface area contributed by atoms with Gasteiger partial charge >= 0.3 is 0 Å². The van der Waals surface area contributed by atoms with Crippen LogP contribution >= 0.6 is 0 Å². The van der Waals surface area contributed by atoms with Gasteiger partial charge < -0.3 is 0 Å². The number of nitriles is 1. The van der Waals surface area contributed by atoms with E-state index in [1.807, 2.05) is 19.9 Å². The predicted molar refractivity (Wildman–Crippen MR) is 66.9 cm³/mol. The van der Waals surface area contributed by atoms with Gasteiger partial charge in [0.25, 0.3) is 0 Å². The van der Waals surface area contributed by atoms with Gasteiger partial charge in [-0.05, 0) is 12.3 Å². The molecule has 0 fully saturated rings. The Hall–Kier alpha value is -1.10. The quantitative estimate of drug-likeness (QED) is 0.353. The fourth-order valence-corrected chi connectivity index (χ4v) is 1.55. The summed E-state index contributed by atoms with van der Waals surface area (Å²) in [5.74, 6) is 0.270. The maximum Gasteiger partial charge on any atom is 0.173 e. The van der Waals surface area contributed by atoms with E-state index < -0.39 is 0 Å². The number of rotatable bonds is 8. The minimum absolute atomic E-state index is 0.00713. The van der Waals surface area contributed by atoms with Gasteiger partial charge in [0.05, 0.1) is 5.57 Å². The van der Waals surface area contributed by atoms with Crippen LogP contribution in [0.3, 0.4) is 0 Å². The molecule has 0 spiro atoms. The third-order valence-electron chi connectivity index (χ3n) is 2.43. The first-order valence-corrected chi connectivity index (χ1v) is 6.27. The van der Waals surface area contributed by atoms with Crippen LogP contribution in [0.15, 0.2) is 11.6 Å². The molecule has 0 bridgehead atoms. The van der Waals surface area contributed by atoms with Crippen LogP contribution < -0.4 is 0 Å². The number of nitrogens with zero attached hydrogens (tertiary/aromatic N) is 1. The van der Waals surface area contributed by atoms with E-state index in [9.17, 15) is 4.79 Å². The zero-order valence-electron chi connectivity index (χ0n) is 10.8. The number of carbonyl (C=O) groups excluding carboxylic acids is 1. The molecule has 2 nitrogen and oxygen atoms in total. The highest BCUT2D eigenvalue weighted by molar-refractivity contribution is 5.98. The van der Waals surface area contributed by atoms with E-state index in [1.165, 1.54) is 19.3 Å². The Kier molecular flexibility index (Phi) is 8.52. The largest absolute Gasteiger partial charge is 0.293 e. The Bertz CT molecular complexity index is 271. The molecule has 0 unspecified atom stereocenters. The molecule has 0 radical (unpaired) electrons. The number of unbranched alkanes of at least 4 members (excludes halogenated alkanes) is 4. The zero-order valence-corrected chi connectivity index (χ0v) is 10.8. The summed E-state index contributed by atoms with van der Waals surface area (Å²) in [5.41, 5.74) is 0.338. The molecule has 0 heterocycles. The topological polar surface area (TPSA) is 40.9 Å². The second-order valence-corrected chi connectivity index (χ2v) is 4.52. The number of Topliss-reactive ketones (excluding diaryl/α,β-unsaturated/α-hetero) is 1. The fraction of sp³-hybridized carbons (Fsp3) is 0.714. The van der Waals surface area contributed by atoms with Crippen molar-refractivity contribution >= 4 is 5.78 Å². The van der Waals surface area contributed by atoms with Crippen LogP contribution in [0.4, 0.5) is 0 Å². The highest BCUT2D eigenvalue weighted by Gasteiger charge is 2.08. The summed E-state index contributed by atoms with van der Waals surface area (Å²) in [6.45, 7) is 6.13. The molecule has 0 aromatic carbocycles. The first-order valence-electron chi connectivity index (χ1n) is 6.27. The van der Waals surface area contributed by atoms with Gasteiger partial charge in [0, 0.05) is 6.42 Å². The second-order valence-electron chi connectivity index (χ2n) is 4.52. The first-order chi connectivity index (χ1) is 7.61. The van der Waals surface area contributed by atoms with Gasteiger partial charge in [-0.15, -0.1) is 0 Å². The lowest BCUT2D eigenvalue weighted by molar-refractivity contribution is -0.115. The monoisotopic (exact) mass is 221 g/mol. The summed E-state index contributed by atoms with van der Waals surface area (Å²) in [7, 11) is 0. The van der Waals surface area contributed by atoms with Gasteiger partial charge in [-0.25, -0.2) is 0 Å². The molecule has 0 aromatic rings. The number of hydrogen-bond acceptors (Lipinski definition) is 2. The van der Waals surface area contributed by atoms with Gasteiger partial charge in [-0.3, -0.25) is 4.79 Å². The number of ketones is 1. The Morgan fingerprint density at radius 3 is 2.38 bits per heavy atom. The van der Waals surface area contributed by atoms with Crippen LogP contribution in [-0.4, -0.2) is 5.78 Å². The lowest BCUT2D eigenvalue weighted by atomic mass is 10.0. The molecule has 90 valence electrons. The second kappa shape index (κ2) is 9.15. The number of hydrogen-bond donors (Lipinski definition) is 0. The Labute approximate surface area is 99.3 Å². The smallest absolute Gasteiger partial charge is 0.173 e. The number of allylic oxidation sites excluding steroid dienone is 2. The maximum atomic E-state index is 11.7. The lowest BCUT2D eigenvalue weighted by Crippen LogP contribution is -2.02. The average molecular weight is 221 g/mol. The highest BCUT2D eigenvalue weighted by Crippen LogP contribution is 2.10. The lowest BCUT2D eigenvalue weighted by Gasteiger charge is -2.01. The molecule has 0 aliphatic heterocycles. The Morgan fingerprint density at radius 2 is 1.88 bits per heavy atom. The van der Waals surface area contributed by atoms with Crippen molar-refractivity contribution in [3.63, 3.8) is 0 Å². The van der Waals surface area contributed by atoms with E-state index in [1.54, 1.807) is 6.08 Å². The van der Waals surface area contributed by atoms with Crippen molar-refractivity contribution in [3.8, 4) is 6.07 Å². The van der Waals surface area contributed by atoms with Gasteiger partial charge in [0.15, 0.2) is 5.78 Å². The molecule has 0 amide bonds. The molecule has 0 aromatic heterocycles. The first kappa shape index (κ1) is 14.9. The molecule has 0 saturated heterocycles. The summed E-state index contributed by atoms with van der Waals surface area (Å²) in [4.78, 5) is 11.7. The number of carbonyl (C=O) groups is 1. The van der Waals surface area contributed by atoms with Gasteiger partial charge in [0.1, 0.15) is 6.07 Å². The maximum absolute atomic E-state index is 11.7. The van der Waals surface area contributed by atoms with Crippen molar-refractivity contribution in [2.45, 2.75) is 59.3 Å². The van der Waals surface area contributed by atoms with Crippen LogP contribution in [0.2, 0.25) is 0 Å².